The molecule has 0 fully saturated rings. The Balaban J connectivity index is 1.87. The van der Waals surface area contributed by atoms with Crippen LogP contribution in [0.3, 0.4) is 0 Å². The lowest BCUT2D eigenvalue weighted by Crippen LogP contribution is -2.45. The average molecular weight is 370 g/mol. The Hall–Kier alpha value is -2.37. The molecule has 0 bridgehead atoms. The van der Waals surface area contributed by atoms with E-state index in [1.54, 1.807) is 19.2 Å². The first-order valence-electron chi connectivity index (χ1n) is 9.21. The quantitative estimate of drug-likeness (QED) is 0.639. The standard InChI is InChI=1S/C22H27FN2O2/c1-16(26)21(14-18-8-11-19(23)12-9-18)25-15-22(27)20(24-2)13-10-17-6-4-3-5-7-17/h3-9,11-12,20-21,24-25H,10,13-15H2,1-2H3/t20-,21-/m0/s1. The van der Waals surface area contributed by atoms with Crippen molar-refractivity contribution in [2.45, 2.75) is 38.3 Å². The van der Waals surface area contributed by atoms with Crippen molar-refractivity contribution in [3.8, 4) is 0 Å². The van der Waals surface area contributed by atoms with Crippen LogP contribution in [0.25, 0.3) is 0 Å². The second-order valence-corrected chi connectivity index (χ2v) is 6.71. The van der Waals surface area contributed by atoms with E-state index in [4.69, 9.17) is 0 Å². The molecule has 0 aliphatic heterocycles. The summed E-state index contributed by atoms with van der Waals surface area (Å²) in [5.41, 5.74) is 2.04. The number of hydrogen-bond donors (Lipinski definition) is 2. The highest BCUT2D eigenvalue weighted by Crippen LogP contribution is 2.08. The molecule has 5 heteroatoms. The second-order valence-electron chi connectivity index (χ2n) is 6.71. The number of carbonyl (C=O) groups excluding carboxylic acids is 2. The van der Waals surface area contributed by atoms with Crippen molar-refractivity contribution >= 4 is 11.6 Å². The van der Waals surface area contributed by atoms with E-state index in [0.29, 0.717) is 12.8 Å². The van der Waals surface area contributed by atoms with Gasteiger partial charge in [-0.05, 0) is 56.5 Å². The van der Waals surface area contributed by atoms with Crippen molar-refractivity contribution in [2.24, 2.45) is 0 Å². The summed E-state index contributed by atoms with van der Waals surface area (Å²) >= 11 is 0. The zero-order chi connectivity index (χ0) is 19.6. The molecule has 0 radical (unpaired) electrons. The van der Waals surface area contributed by atoms with Gasteiger partial charge in [0.1, 0.15) is 11.6 Å². The lowest BCUT2D eigenvalue weighted by molar-refractivity contribution is -0.121. The monoisotopic (exact) mass is 370 g/mol. The molecular formula is C22H27FN2O2. The van der Waals surface area contributed by atoms with E-state index in [0.717, 1.165) is 12.0 Å². The van der Waals surface area contributed by atoms with Gasteiger partial charge in [0.15, 0.2) is 5.78 Å². The molecule has 0 aliphatic rings. The summed E-state index contributed by atoms with van der Waals surface area (Å²) in [7, 11) is 1.77. The summed E-state index contributed by atoms with van der Waals surface area (Å²) in [6.45, 7) is 1.61. The number of likely N-dealkylation sites (N-methyl/N-ethyl adjacent to an activating group) is 1. The molecule has 0 aromatic heterocycles. The predicted molar refractivity (Wildman–Crippen MR) is 105 cm³/mol. The molecule has 2 atom stereocenters. The van der Waals surface area contributed by atoms with Crippen molar-refractivity contribution in [1.82, 2.24) is 10.6 Å². The third-order valence-electron chi connectivity index (χ3n) is 4.67. The largest absolute Gasteiger partial charge is 0.310 e. The van der Waals surface area contributed by atoms with Gasteiger partial charge in [-0.25, -0.2) is 4.39 Å². The molecule has 0 saturated heterocycles. The molecule has 0 spiro atoms. The zero-order valence-electron chi connectivity index (χ0n) is 15.9. The number of benzene rings is 2. The predicted octanol–water partition coefficient (Wildman–Crippen LogP) is 2.71. The van der Waals surface area contributed by atoms with Crippen LogP contribution < -0.4 is 10.6 Å². The van der Waals surface area contributed by atoms with Gasteiger partial charge in [-0.1, -0.05) is 42.5 Å². The highest BCUT2D eigenvalue weighted by atomic mass is 19.1. The Labute approximate surface area is 160 Å². The van der Waals surface area contributed by atoms with Gasteiger partial charge in [0, 0.05) is 0 Å². The fourth-order valence-corrected chi connectivity index (χ4v) is 2.98. The number of carbonyl (C=O) groups is 2. The van der Waals surface area contributed by atoms with E-state index in [-0.39, 0.29) is 30.0 Å². The Morgan fingerprint density at radius 1 is 0.963 bits per heavy atom. The number of rotatable bonds is 11. The molecule has 0 amide bonds. The number of halogens is 1. The van der Waals surface area contributed by atoms with Crippen LogP contribution in [0, 0.1) is 5.82 Å². The Kier molecular flexibility index (Phi) is 8.30. The van der Waals surface area contributed by atoms with E-state index < -0.39 is 6.04 Å². The summed E-state index contributed by atoms with van der Waals surface area (Å²) in [5, 5.41) is 6.13. The fourth-order valence-electron chi connectivity index (χ4n) is 2.98. The van der Waals surface area contributed by atoms with Crippen LogP contribution in [-0.4, -0.2) is 37.2 Å². The zero-order valence-corrected chi connectivity index (χ0v) is 15.9. The minimum atomic E-state index is -0.467. The SMILES string of the molecule is CN[C@@H](CCc1ccccc1)C(=O)CN[C@@H](Cc1ccc(F)cc1)C(C)=O. The van der Waals surface area contributed by atoms with Gasteiger partial charge in [0.2, 0.25) is 0 Å². The van der Waals surface area contributed by atoms with E-state index in [9.17, 15) is 14.0 Å². The lowest BCUT2D eigenvalue weighted by atomic mass is 10.0. The first kappa shape index (κ1) is 20.9. The number of Topliss-reactive ketones (excluding diaryl/α,β-unsaturated/α-hetero) is 2. The van der Waals surface area contributed by atoms with Gasteiger partial charge < -0.3 is 10.6 Å². The maximum absolute atomic E-state index is 13.0. The molecule has 4 nitrogen and oxygen atoms in total. The van der Waals surface area contributed by atoms with Crippen molar-refractivity contribution in [1.29, 1.82) is 0 Å². The van der Waals surface area contributed by atoms with Crippen LogP contribution in [0.4, 0.5) is 4.39 Å². The van der Waals surface area contributed by atoms with Crippen LogP contribution >= 0.6 is 0 Å². The normalized spacial score (nSPS) is 13.1. The van der Waals surface area contributed by atoms with Crippen molar-refractivity contribution in [3.63, 3.8) is 0 Å². The Morgan fingerprint density at radius 2 is 1.63 bits per heavy atom. The molecule has 144 valence electrons. The summed E-state index contributed by atoms with van der Waals surface area (Å²) in [6.07, 6.45) is 1.94. The van der Waals surface area contributed by atoms with E-state index in [1.165, 1.54) is 24.6 Å². The van der Waals surface area contributed by atoms with Crippen molar-refractivity contribution in [3.05, 3.63) is 71.5 Å². The molecule has 2 aromatic carbocycles. The molecule has 2 N–H and O–H groups in total. The number of hydrogen-bond acceptors (Lipinski definition) is 4. The molecular weight excluding hydrogens is 343 g/mol. The highest BCUT2D eigenvalue weighted by molar-refractivity contribution is 5.87. The van der Waals surface area contributed by atoms with Crippen LogP contribution in [-0.2, 0) is 22.4 Å². The van der Waals surface area contributed by atoms with Crippen molar-refractivity contribution in [2.75, 3.05) is 13.6 Å². The number of ketones is 2. The van der Waals surface area contributed by atoms with Gasteiger partial charge in [-0.15, -0.1) is 0 Å². The first-order chi connectivity index (χ1) is 13.0. The van der Waals surface area contributed by atoms with Gasteiger partial charge >= 0.3 is 0 Å². The van der Waals surface area contributed by atoms with Crippen molar-refractivity contribution < 1.29 is 14.0 Å². The molecule has 0 saturated carbocycles. The lowest BCUT2D eigenvalue weighted by Gasteiger charge is -2.19. The molecule has 2 rings (SSSR count). The summed E-state index contributed by atoms with van der Waals surface area (Å²) in [4.78, 5) is 24.4. The van der Waals surface area contributed by atoms with E-state index in [2.05, 4.69) is 10.6 Å². The fraction of sp³-hybridized carbons (Fsp3) is 0.364. The first-order valence-corrected chi connectivity index (χ1v) is 9.21. The Bertz CT molecular complexity index is 732. The van der Waals surface area contributed by atoms with Gasteiger partial charge in [0.05, 0.1) is 18.6 Å². The number of nitrogens with one attached hydrogen (secondary N) is 2. The third kappa shape index (κ3) is 7.04. The summed E-state index contributed by atoms with van der Waals surface area (Å²) in [6, 6.07) is 15.4. The van der Waals surface area contributed by atoms with Gasteiger partial charge in [-0.2, -0.15) is 0 Å². The molecule has 0 aliphatic carbocycles. The minimum absolute atomic E-state index is 0.0267. The van der Waals surface area contributed by atoms with Crippen LogP contribution in [0.5, 0.6) is 0 Å². The van der Waals surface area contributed by atoms with Gasteiger partial charge in [0.25, 0.3) is 0 Å². The Morgan fingerprint density at radius 3 is 2.22 bits per heavy atom. The summed E-state index contributed by atoms with van der Waals surface area (Å²) in [5.74, 6) is -0.326. The molecule has 0 unspecified atom stereocenters. The van der Waals surface area contributed by atoms with E-state index >= 15 is 0 Å². The number of aryl methyl sites for hydroxylation is 1. The van der Waals surface area contributed by atoms with Crippen LogP contribution in [0.1, 0.15) is 24.5 Å². The topological polar surface area (TPSA) is 58.2 Å². The molecule has 27 heavy (non-hydrogen) atoms. The van der Waals surface area contributed by atoms with Crippen LogP contribution in [0.15, 0.2) is 54.6 Å². The highest BCUT2D eigenvalue weighted by Gasteiger charge is 2.20. The van der Waals surface area contributed by atoms with Gasteiger partial charge in [-0.3, -0.25) is 9.59 Å². The molecule has 0 heterocycles. The minimum Gasteiger partial charge on any atom is -0.310 e. The van der Waals surface area contributed by atoms with E-state index in [1.807, 2.05) is 30.3 Å². The maximum Gasteiger partial charge on any atom is 0.163 e. The maximum atomic E-state index is 13.0. The summed E-state index contributed by atoms with van der Waals surface area (Å²) < 4.78 is 13.0. The second kappa shape index (κ2) is 10.7. The third-order valence-corrected chi connectivity index (χ3v) is 4.67. The average Bonchev–Trinajstić information content (AvgIpc) is 2.67. The van der Waals surface area contributed by atoms with Crippen LogP contribution in [0.2, 0.25) is 0 Å². The smallest absolute Gasteiger partial charge is 0.163 e. The molecule has 2 aromatic rings.